The van der Waals surface area contributed by atoms with E-state index in [4.69, 9.17) is 9.72 Å². The van der Waals surface area contributed by atoms with Crippen molar-refractivity contribution in [2.75, 3.05) is 14.2 Å². The SMILES string of the molecule is CNC1CCc2c(cnc3c2cnn3Cc2ccc(OC)cc2)C1. The van der Waals surface area contributed by atoms with Gasteiger partial charge in [-0.1, -0.05) is 12.1 Å². The number of nitrogens with one attached hydrogen (secondary N) is 1. The van der Waals surface area contributed by atoms with Gasteiger partial charge in [-0.05, 0) is 55.1 Å². The van der Waals surface area contributed by atoms with E-state index in [1.165, 1.54) is 28.5 Å². The van der Waals surface area contributed by atoms with Gasteiger partial charge in [0.15, 0.2) is 5.65 Å². The Bertz CT molecular complexity index is 854. The molecule has 0 bridgehead atoms. The molecule has 0 spiro atoms. The lowest BCUT2D eigenvalue weighted by Crippen LogP contribution is -2.31. The van der Waals surface area contributed by atoms with E-state index >= 15 is 0 Å². The van der Waals surface area contributed by atoms with Crippen molar-refractivity contribution in [3.05, 3.63) is 53.3 Å². The molecule has 124 valence electrons. The predicted octanol–water partition coefficient (Wildman–Crippen LogP) is 2.56. The Morgan fingerprint density at radius 3 is 2.83 bits per heavy atom. The van der Waals surface area contributed by atoms with Gasteiger partial charge in [0.25, 0.3) is 0 Å². The molecule has 5 nitrogen and oxygen atoms in total. The largest absolute Gasteiger partial charge is 0.497 e. The summed E-state index contributed by atoms with van der Waals surface area (Å²) in [6, 6.07) is 8.67. The third-order valence-corrected chi connectivity index (χ3v) is 4.98. The molecule has 5 heteroatoms. The Morgan fingerprint density at radius 1 is 1.25 bits per heavy atom. The Kier molecular flexibility index (Phi) is 3.94. The minimum absolute atomic E-state index is 0.561. The van der Waals surface area contributed by atoms with Crippen LogP contribution in [-0.2, 0) is 19.4 Å². The number of methoxy groups -OCH3 is 1. The normalized spacial score (nSPS) is 17.0. The molecular weight excluding hydrogens is 300 g/mol. The zero-order valence-corrected chi connectivity index (χ0v) is 14.1. The van der Waals surface area contributed by atoms with Crippen LogP contribution in [0.25, 0.3) is 11.0 Å². The fourth-order valence-electron chi connectivity index (χ4n) is 3.54. The van der Waals surface area contributed by atoms with Crippen molar-refractivity contribution in [1.29, 1.82) is 0 Å². The maximum absolute atomic E-state index is 5.21. The van der Waals surface area contributed by atoms with Gasteiger partial charge in [-0.25, -0.2) is 9.67 Å². The van der Waals surface area contributed by atoms with Gasteiger partial charge in [0.1, 0.15) is 5.75 Å². The first-order chi connectivity index (χ1) is 11.8. The van der Waals surface area contributed by atoms with Crippen molar-refractivity contribution in [2.45, 2.75) is 31.8 Å². The number of fused-ring (bicyclic) bond motifs is 3. The highest BCUT2D eigenvalue weighted by atomic mass is 16.5. The first kappa shape index (κ1) is 15.1. The van der Waals surface area contributed by atoms with E-state index in [2.05, 4.69) is 22.5 Å². The van der Waals surface area contributed by atoms with Crippen LogP contribution in [0.4, 0.5) is 0 Å². The molecule has 1 aliphatic rings. The molecule has 0 saturated heterocycles. The van der Waals surface area contributed by atoms with Crippen LogP contribution in [0.2, 0.25) is 0 Å². The van der Waals surface area contributed by atoms with Crippen LogP contribution in [0, 0.1) is 0 Å². The standard InChI is InChI=1S/C19H22N4O/c1-20-15-5-8-17-14(9-15)10-21-19-18(17)11-22-23(19)12-13-3-6-16(24-2)7-4-13/h3-4,6-7,10-11,15,20H,5,8-9,12H2,1-2H3. The van der Waals surface area contributed by atoms with E-state index in [1.807, 2.05) is 36.3 Å². The summed E-state index contributed by atoms with van der Waals surface area (Å²) in [6.07, 6.45) is 7.33. The Morgan fingerprint density at radius 2 is 2.08 bits per heavy atom. The van der Waals surface area contributed by atoms with Gasteiger partial charge in [-0.15, -0.1) is 0 Å². The molecule has 0 aliphatic heterocycles. The number of likely N-dealkylation sites (N-methyl/N-ethyl adjacent to an activating group) is 1. The predicted molar refractivity (Wildman–Crippen MR) is 94.5 cm³/mol. The average Bonchev–Trinajstić information content (AvgIpc) is 3.05. The van der Waals surface area contributed by atoms with Gasteiger partial charge in [0, 0.05) is 17.6 Å². The minimum Gasteiger partial charge on any atom is -0.497 e. The highest BCUT2D eigenvalue weighted by molar-refractivity contribution is 5.80. The quantitative estimate of drug-likeness (QED) is 0.802. The van der Waals surface area contributed by atoms with Crippen LogP contribution in [0.3, 0.4) is 0 Å². The number of pyridine rings is 1. The lowest BCUT2D eigenvalue weighted by atomic mass is 9.88. The molecule has 1 N–H and O–H groups in total. The first-order valence-electron chi connectivity index (χ1n) is 8.41. The van der Waals surface area contributed by atoms with E-state index in [1.54, 1.807) is 7.11 Å². The first-order valence-corrected chi connectivity index (χ1v) is 8.41. The number of aromatic nitrogens is 3. The number of nitrogens with zero attached hydrogens (tertiary/aromatic N) is 3. The topological polar surface area (TPSA) is 52.0 Å². The third-order valence-electron chi connectivity index (χ3n) is 4.98. The van der Waals surface area contributed by atoms with Gasteiger partial charge in [0.2, 0.25) is 0 Å². The van der Waals surface area contributed by atoms with Gasteiger partial charge in [0.05, 0.1) is 19.9 Å². The summed E-state index contributed by atoms with van der Waals surface area (Å²) in [5, 5.41) is 9.17. The number of benzene rings is 1. The molecule has 1 unspecified atom stereocenters. The van der Waals surface area contributed by atoms with Crippen molar-refractivity contribution in [2.24, 2.45) is 0 Å². The lowest BCUT2D eigenvalue weighted by Gasteiger charge is -2.24. The number of ether oxygens (including phenoxy) is 1. The molecule has 1 aliphatic carbocycles. The van der Waals surface area contributed by atoms with Gasteiger partial charge in [-0.3, -0.25) is 0 Å². The zero-order valence-electron chi connectivity index (χ0n) is 14.1. The molecule has 0 radical (unpaired) electrons. The second kappa shape index (κ2) is 6.24. The van der Waals surface area contributed by atoms with Gasteiger partial charge < -0.3 is 10.1 Å². The van der Waals surface area contributed by atoms with Crippen LogP contribution in [0.1, 0.15) is 23.1 Å². The fourth-order valence-corrected chi connectivity index (χ4v) is 3.54. The molecule has 4 rings (SSSR count). The summed E-state index contributed by atoms with van der Waals surface area (Å²) in [4.78, 5) is 4.70. The van der Waals surface area contributed by atoms with E-state index in [0.717, 1.165) is 30.8 Å². The minimum atomic E-state index is 0.561. The summed E-state index contributed by atoms with van der Waals surface area (Å²) in [5.41, 5.74) is 4.95. The Labute approximate surface area is 141 Å². The van der Waals surface area contributed by atoms with Crippen LogP contribution in [-0.4, -0.2) is 35.0 Å². The highest BCUT2D eigenvalue weighted by Gasteiger charge is 2.21. The number of hydrogen-bond acceptors (Lipinski definition) is 4. The molecule has 3 aromatic rings. The Hall–Kier alpha value is -2.40. The summed E-state index contributed by atoms with van der Waals surface area (Å²) in [5.74, 6) is 0.871. The monoisotopic (exact) mass is 322 g/mol. The van der Waals surface area contributed by atoms with Crippen LogP contribution in [0.5, 0.6) is 5.75 Å². The highest BCUT2D eigenvalue weighted by Crippen LogP contribution is 2.28. The molecule has 0 fully saturated rings. The molecule has 0 amide bonds. The molecule has 24 heavy (non-hydrogen) atoms. The maximum Gasteiger partial charge on any atom is 0.158 e. The third kappa shape index (κ3) is 2.65. The summed E-state index contributed by atoms with van der Waals surface area (Å²) < 4.78 is 7.20. The summed E-state index contributed by atoms with van der Waals surface area (Å²) in [7, 11) is 3.72. The van der Waals surface area contributed by atoms with Crippen molar-refractivity contribution in [3.63, 3.8) is 0 Å². The fraction of sp³-hybridized carbons (Fsp3) is 0.368. The van der Waals surface area contributed by atoms with Crippen molar-refractivity contribution >= 4 is 11.0 Å². The van der Waals surface area contributed by atoms with E-state index in [0.29, 0.717) is 6.04 Å². The smallest absolute Gasteiger partial charge is 0.158 e. The molecule has 1 atom stereocenters. The van der Waals surface area contributed by atoms with Crippen molar-refractivity contribution in [1.82, 2.24) is 20.1 Å². The van der Waals surface area contributed by atoms with Gasteiger partial charge in [-0.2, -0.15) is 5.10 Å². The zero-order chi connectivity index (χ0) is 16.5. The van der Waals surface area contributed by atoms with Gasteiger partial charge >= 0.3 is 0 Å². The number of hydrogen-bond donors (Lipinski definition) is 1. The maximum atomic E-state index is 5.21. The second-order valence-electron chi connectivity index (χ2n) is 6.38. The van der Waals surface area contributed by atoms with E-state index < -0.39 is 0 Å². The van der Waals surface area contributed by atoms with E-state index in [9.17, 15) is 0 Å². The van der Waals surface area contributed by atoms with Crippen molar-refractivity contribution in [3.8, 4) is 5.75 Å². The number of aryl methyl sites for hydroxylation is 1. The molecule has 2 aromatic heterocycles. The Balaban J connectivity index is 1.65. The van der Waals surface area contributed by atoms with Crippen molar-refractivity contribution < 1.29 is 4.74 Å². The summed E-state index contributed by atoms with van der Waals surface area (Å²) in [6.45, 7) is 0.721. The van der Waals surface area contributed by atoms with E-state index in [-0.39, 0.29) is 0 Å². The summed E-state index contributed by atoms with van der Waals surface area (Å²) >= 11 is 0. The molecular formula is C19H22N4O. The molecule has 0 saturated carbocycles. The van der Waals surface area contributed by atoms with Crippen LogP contribution in [0.15, 0.2) is 36.7 Å². The number of rotatable bonds is 4. The average molecular weight is 322 g/mol. The lowest BCUT2D eigenvalue weighted by molar-refractivity contribution is 0.414. The molecule has 1 aromatic carbocycles. The van der Waals surface area contributed by atoms with Crippen LogP contribution >= 0.6 is 0 Å². The molecule has 2 heterocycles. The second-order valence-corrected chi connectivity index (χ2v) is 6.38. The van der Waals surface area contributed by atoms with Crippen LogP contribution < -0.4 is 10.1 Å².